The summed E-state index contributed by atoms with van der Waals surface area (Å²) in [4.78, 5) is 24.0. The number of carbonyl (C=O) groups excluding carboxylic acids is 2. The fourth-order valence-electron chi connectivity index (χ4n) is 1.57. The molecule has 0 spiro atoms. The number of nitrogens with zero attached hydrogens (tertiary/aromatic N) is 1. The van der Waals surface area contributed by atoms with E-state index in [2.05, 4.69) is 17.4 Å². The third-order valence-electron chi connectivity index (χ3n) is 2.26. The molecule has 0 aromatic carbocycles. The third-order valence-corrected chi connectivity index (χ3v) is 4.15. The quantitative estimate of drug-likeness (QED) is 0.386. The molecule has 2 aliphatic rings. The monoisotopic (exact) mass is 219 g/mol. The van der Waals surface area contributed by atoms with Crippen LogP contribution in [0.4, 0.5) is 0 Å². The number of hydrogen-bond acceptors (Lipinski definition) is 5. The lowest BCUT2D eigenvalue weighted by Crippen LogP contribution is -2.55. The lowest BCUT2D eigenvalue weighted by atomic mass is 10.1. The van der Waals surface area contributed by atoms with Crippen LogP contribution in [0.15, 0.2) is 0 Å². The molecule has 2 fully saturated rings. The van der Waals surface area contributed by atoms with Crippen LogP contribution >= 0.6 is 24.4 Å². The Morgan fingerprint density at radius 2 is 2.46 bits per heavy atom. The maximum absolute atomic E-state index is 11.3. The van der Waals surface area contributed by atoms with Gasteiger partial charge in [0.1, 0.15) is 0 Å². The summed E-state index contributed by atoms with van der Waals surface area (Å²) in [6.07, 6.45) is 0.523. The molecular weight excluding hydrogens is 210 g/mol. The fourth-order valence-corrected chi connectivity index (χ4v) is 3.59. The smallest absolute Gasteiger partial charge is 0.330 e. The van der Waals surface area contributed by atoms with Crippen molar-refractivity contribution >= 4 is 36.3 Å². The van der Waals surface area contributed by atoms with Crippen LogP contribution in [0.5, 0.6) is 0 Å². The van der Waals surface area contributed by atoms with Crippen LogP contribution in [-0.2, 0) is 14.3 Å². The standard InChI is InChI=1S/C7H9NO3S2/c1-11-6(10)5-7(12)13-4-2-3(9)8(4)5/h4-5,7,12H,2H2,1H3. The Labute approximate surface area is 85.4 Å². The van der Waals surface area contributed by atoms with E-state index in [0.717, 1.165) is 0 Å². The number of fused-ring (bicyclic) bond motifs is 1. The molecule has 0 radical (unpaired) electrons. The summed E-state index contributed by atoms with van der Waals surface area (Å²) in [6.45, 7) is 0. The minimum atomic E-state index is -0.496. The van der Waals surface area contributed by atoms with Gasteiger partial charge in [0.2, 0.25) is 5.91 Å². The highest BCUT2D eigenvalue weighted by atomic mass is 32.2. The summed E-state index contributed by atoms with van der Waals surface area (Å²) < 4.78 is 4.46. The van der Waals surface area contributed by atoms with E-state index in [0.29, 0.717) is 6.42 Å². The maximum atomic E-state index is 11.3. The fraction of sp³-hybridized carbons (Fsp3) is 0.714. The molecule has 0 saturated carbocycles. The first kappa shape index (κ1) is 9.21. The predicted octanol–water partition coefficient (Wildman–Crippen LogP) is 0.0891. The Kier molecular flexibility index (Phi) is 2.19. The van der Waals surface area contributed by atoms with Crippen molar-refractivity contribution in [3.63, 3.8) is 0 Å². The number of ether oxygens (including phenoxy) is 1. The zero-order chi connectivity index (χ0) is 9.59. The van der Waals surface area contributed by atoms with Gasteiger partial charge in [-0.25, -0.2) is 4.79 Å². The highest BCUT2D eigenvalue weighted by molar-refractivity contribution is 8.11. The molecule has 6 heteroatoms. The van der Waals surface area contributed by atoms with Gasteiger partial charge in [0.15, 0.2) is 6.04 Å². The third kappa shape index (κ3) is 1.23. The number of esters is 1. The average molecular weight is 219 g/mol. The first-order chi connectivity index (χ1) is 6.15. The van der Waals surface area contributed by atoms with Gasteiger partial charge in [-0.15, -0.1) is 11.8 Å². The second kappa shape index (κ2) is 3.09. The normalized spacial score (nSPS) is 36.9. The number of β-lactam (4-membered cyclic amide) rings is 1. The Hall–Kier alpha value is -0.360. The molecule has 0 aromatic rings. The van der Waals surface area contributed by atoms with Gasteiger partial charge >= 0.3 is 5.97 Å². The van der Waals surface area contributed by atoms with Gasteiger partial charge in [-0.05, 0) is 0 Å². The van der Waals surface area contributed by atoms with E-state index < -0.39 is 6.04 Å². The Morgan fingerprint density at radius 1 is 1.77 bits per heavy atom. The van der Waals surface area contributed by atoms with Crippen molar-refractivity contribution in [2.24, 2.45) is 0 Å². The molecule has 2 saturated heterocycles. The van der Waals surface area contributed by atoms with Crippen molar-refractivity contribution < 1.29 is 14.3 Å². The van der Waals surface area contributed by atoms with Crippen LogP contribution < -0.4 is 0 Å². The van der Waals surface area contributed by atoms with E-state index in [4.69, 9.17) is 0 Å². The summed E-state index contributed by atoms with van der Waals surface area (Å²) in [5, 5.41) is 0.138. The molecular formula is C7H9NO3S2. The number of carbonyl (C=O) groups is 2. The Morgan fingerprint density at radius 3 is 3.00 bits per heavy atom. The maximum Gasteiger partial charge on any atom is 0.330 e. The average Bonchev–Trinajstić information content (AvgIpc) is 2.36. The molecule has 1 amide bonds. The molecule has 0 aromatic heterocycles. The van der Waals surface area contributed by atoms with E-state index in [1.807, 2.05) is 0 Å². The number of thiol groups is 1. The zero-order valence-corrected chi connectivity index (χ0v) is 8.68. The van der Waals surface area contributed by atoms with E-state index in [9.17, 15) is 9.59 Å². The molecule has 0 bridgehead atoms. The van der Waals surface area contributed by atoms with Gasteiger partial charge in [-0.2, -0.15) is 12.6 Å². The highest BCUT2D eigenvalue weighted by Crippen LogP contribution is 2.45. The van der Waals surface area contributed by atoms with Crippen LogP contribution in [0.1, 0.15) is 6.42 Å². The van der Waals surface area contributed by atoms with E-state index >= 15 is 0 Å². The van der Waals surface area contributed by atoms with Gasteiger partial charge in [0.05, 0.1) is 23.5 Å². The molecule has 2 aliphatic heterocycles. The SMILES string of the molecule is COC(=O)C1C(S)SC2CC(=O)N21. The summed E-state index contributed by atoms with van der Waals surface area (Å²) in [5.41, 5.74) is 0. The summed E-state index contributed by atoms with van der Waals surface area (Å²) >= 11 is 5.79. The molecule has 0 aliphatic carbocycles. The van der Waals surface area contributed by atoms with Crippen molar-refractivity contribution in [2.45, 2.75) is 22.4 Å². The van der Waals surface area contributed by atoms with Crippen LogP contribution in [0.25, 0.3) is 0 Å². The first-order valence-electron chi connectivity index (χ1n) is 3.87. The summed E-state index contributed by atoms with van der Waals surface area (Å²) in [5.74, 6) is -0.354. The minimum absolute atomic E-state index is 0.0180. The summed E-state index contributed by atoms with van der Waals surface area (Å²) in [7, 11) is 1.32. The second-order valence-corrected chi connectivity index (χ2v) is 5.18. The zero-order valence-electron chi connectivity index (χ0n) is 6.97. The number of amides is 1. The van der Waals surface area contributed by atoms with Gasteiger partial charge in [0, 0.05) is 0 Å². The van der Waals surface area contributed by atoms with E-state index in [1.54, 1.807) is 4.90 Å². The number of methoxy groups -OCH3 is 1. The lowest BCUT2D eigenvalue weighted by molar-refractivity contribution is -0.157. The molecule has 13 heavy (non-hydrogen) atoms. The van der Waals surface area contributed by atoms with Crippen molar-refractivity contribution in [1.82, 2.24) is 4.90 Å². The predicted molar refractivity (Wildman–Crippen MR) is 51.4 cm³/mol. The van der Waals surface area contributed by atoms with Crippen LogP contribution in [0.3, 0.4) is 0 Å². The number of thioether (sulfide) groups is 1. The van der Waals surface area contributed by atoms with E-state index in [-0.39, 0.29) is 21.8 Å². The van der Waals surface area contributed by atoms with Gasteiger partial charge in [0.25, 0.3) is 0 Å². The van der Waals surface area contributed by atoms with Crippen LogP contribution in [0, 0.1) is 0 Å². The lowest BCUT2D eigenvalue weighted by Gasteiger charge is -2.36. The summed E-state index contributed by atoms with van der Waals surface area (Å²) in [6, 6.07) is -0.496. The Balaban J connectivity index is 2.16. The first-order valence-corrected chi connectivity index (χ1v) is 5.33. The van der Waals surface area contributed by atoms with Crippen molar-refractivity contribution in [3.8, 4) is 0 Å². The van der Waals surface area contributed by atoms with Crippen molar-refractivity contribution in [2.75, 3.05) is 7.11 Å². The Bertz CT molecular complexity index is 270. The largest absolute Gasteiger partial charge is 0.467 e. The molecule has 2 rings (SSSR count). The molecule has 2 heterocycles. The number of hydrogen-bond donors (Lipinski definition) is 1. The van der Waals surface area contributed by atoms with Gasteiger partial charge in [-0.1, -0.05) is 0 Å². The minimum Gasteiger partial charge on any atom is -0.467 e. The van der Waals surface area contributed by atoms with Gasteiger partial charge < -0.3 is 9.64 Å². The van der Waals surface area contributed by atoms with Crippen molar-refractivity contribution in [3.05, 3.63) is 0 Å². The molecule has 3 atom stereocenters. The molecule has 0 N–H and O–H groups in total. The van der Waals surface area contributed by atoms with Crippen LogP contribution in [0.2, 0.25) is 0 Å². The van der Waals surface area contributed by atoms with Gasteiger partial charge in [-0.3, -0.25) is 4.79 Å². The molecule has 72 valence electrons. The van der Waals surface area contributed by atoms with Crippen molar-refractivity contribution in [1.29, 1.82) is 0 Å². The highest BCUT2D eigenvalue weighted by Gasteiger charge is 2.54. The molecule has 3 unspecified atom stereocenters. The number of rotatable bonds is 1. The topological polar surface area (TPSA) is 46.6 Å². The van der Waals surface area contributed by atoms with E-state index in [1.165, 1.54) is 18.9 Å². The second-order valence-electron chi connectivity index (χ2n) is 2.95. The molecule has 4 nitrogen and oxygen atoms in total. The van der Waals surface area contributed by atoms with Crippen LogP contribution in [-0.4, -0.2) is 39.9 Å².